The number of H-pyrrole nitrogens is 1. The van der Waals surface area contributed by atoms with E-state index in [0.717, 1.165) is 16.4 Å². The lowest BCUT2D eigenvalue weighted by Gasteiger charge is -2.05. The Hall–Kier alpha value is -4.99. The predicted molar refractivity (Wildman–Crippen MR) is 124 cm³/mol. The van der Waals surface area contributed by atoms with E-state index < -0.39 is 10.8 Å². The molecule has 0 aliphatic heterocycles. The van der Waals surface area contributed by atoms with E-state index in [1.54, 1.807) is 19.2 Å². The number of non-ortho nitro benzene ring substituents is 1. The summed E-state index contributed by atoms with van der Waals surface area (Å²) in [4.78, 5) is 30.7. The predicted octanol–water partition coefficient (Wildman–Crippen LogP) is 4.14. The molecule has 0 aliphatic carbocycles. The Kier molecular flexibility index (Phi) is 5.23. The number of para-hydroxylation sites is 2. The average Bonchev–Trinajstić information content (AvgIpc) is 3.30. The molecule has 0 atom stereocenters. The molecule has 2 heterocycles. The first kappa shape index (κ1) is 20.9. The Morgan fingerprint density at radius 3 is 2.65 bits per heavy atom. The zero-order chi connectivity index (χ0) is 23.7. The van der Waals surface area contributed by atoms with E-state index in [-0.39, 0.29) is 16.8 Å². The maximum Gasteiger partial charge on any atom is 0.271 e. The van der Waals surface area contributed by atoms with Crippen LogP contribution in [-0.4, -0.2) is 27.9 Å². The number of nitro groups is 1. The van der Waals surface area contributed by atoms with Crippen molar-refractivity contribution < 1.29 is 18.9 Å². The quantitative estimate of drug-likeness (QED) is 0.302. The Balaban J connectivity index is 1.59. The molecule has 0 fully saturated rings. The summed E-state index contributed by atoms with van der Waals surface area (Å²) in [6, 6.07) is 19.9. The topological polar surface area (TPSA) is 136 Å². The molecule has 0 spiro atoms. The van der Waals surface area contributed by atoms with Gasteiger partial charge in [0.15, 0.2) is 0 Å². The molecule has 0 saturated carbocycles. The van der Waals surface area contributed by atoms with Crippen molar-refractivity contribution in [2.75, 3.05) is 7.11 Å². The second-order valence-electron chi connectivity index (χ2n) is 7.33. The summed E-state index contributed by atoms with van der Waals surface area (Å²) in [6.45, 7) is 0. The molecule has 3 aromatic carbocycles. The Morgan fingerprint density at radius 2 is 1.91 bits per heavy atom. The lowest BCUT2D eigenvalue weighted by molar-refractivity contribution is -0.384. The van der Waals surface area contributed by atoms with E-state index in [4.69, 9.17) is 9.15 Å². The zero-order valence-electron chi connectivity index (χ0n) is 17.8. The van der Waals surface area contributed by atoms with Crippen LogP contribution in [0.15, 0.2) is 82.3 Å². The minimum atomic E-state index is -0.546. The van der Waals surface area contributed by atoms with Crippen LogP contribution >= 0.6 is 0 Å². The molecule has 0 aliphatic rings. The fraction of sp³-hybridized carbons (Fsp3) is 0.0417. The van der Waals surface area contributed by atoms with Crippen LogP contribution in [0.25, 0.3) is 33.4 Å². The number of amides is 1. The number of ether oxygens (including phenoxy) is 1. The largest absolute Gasteiger partial charge is 0.497 e. The first-order valence-electron chi connectivity index (χ1n) is 10.2. The SMILES string of the molecule is COc1ccc2o/c(=N/NC(=O)c3ccc([N+](=O)[O-])cc3)c(-c3nc4ccccc4[nH]3)cc2c1. The van der Waals surface area contributed by atoms with Gasteiger partial charge >= 0.3 is 0 Å². The highest BCUT2D eigenvalue weighted by atomic mass is 16.6. The van der Waals surface area contributed by atoms with Crippen molar-refractivity contribution in [2.45, 2.75) is 0 Å². The molecule has 10 heteroatoms. The maximum absolute atomic E-state index is 12.6. The van der Waals surface area contributed by atoms with Crippen LogP contribution in [0, 0.1) is 10.1 Å². The summed E-state index contributed by atoms with van der Waals surface area (Å²) < 4.78 is 11.3. The monoisotopic (exact) mass is 455 g/mol. The smallest absolute Gasteiger partial charge is 0.271 e. The van der Waals surface area contributed by atoms with Gasteiger partial charge in [0.25, 0.3) is 11.6 Å². The van der Waals surface area contributed by atoms with Crippen molar-refractivity contribution >= 4 is 33.6 Å². The number of aromatic nitrogens is 2. The van der Waals surface area contributed by atoms with E-state index in [2.05, 4.69) is 20.5 Å². The molecule has 2 aromatic heterocycles. The summed E-state index contributed by atoms with van der Waals surface area (Å²) in [7, 11) is 1.58. The fourth-order valence-corrected chi connectivity index (χ4v) is 3.47. The van der Waals surface area contributed by atoms with Crippen LogP contribution < -0.4 is 15.7 Å². The number of imidazole rings is 1. The minimum Gasteiger partial charge on any atom is -0.497 e. The lowest BCUT2D eigenvalue weighted by Crippen LogP contribution is -2.22. The number of nitrogens with one attached hydrogen (secondary N) is 2. The summed E-state index contributed by atoms with van der Waals surface area (Å²) >= 11 is 0. The van der Waals surface area contributed by atoms with Crippen molar-refractivity contribution in [1.82, 2.24) is 15.4 Å². The van der Waals surface area contributed by atoms with Crippen LogP contribution in [0.3, 0.4) is 0 Å². The van der Waals surface area contributed by atoms with Gasteiger partial charge in [-0.3, -0.25) is 14.9 Å². The number of rotatable bonds is 5. The molecule has 0 saturated heterocycles. The number of benzene rings is 3. The number of hydrogen-bond donors (Lipinski definition) is 2. The molecular formula is C24H17N5O5. The fourth-order valence-electron chi connectivity index (χ4n) is 3.47. The molecular weight excluding hydrogens is 438 g/mol. The Bertz CT molecular complexity index is 1590. The van der Waals surface area contributed by atoms with Gasteiger partial charge in [-0.15, -0.1) is 5.10 Å². The van der Waals surface area contributed by atoms with Gasteiger partial charge in [0.1, 0.15) is 17.2 Å². The number of carbonyl (C=O) groups is 1. The third-order valence-electron chi connectivity index (χ3n) is 5.20. The second kappa shape index (κ2) is 8.51. The van der Waals surface area contributed by atoms with E-state index in [9.17, 15) is 14.9 Å². The van der Waals surface area contributed by atoms with Crippen molar-refractivity contribution in [3.63, 3.8) is 0 Å². The number of carbonyl (C=O) groups excluding carboxylic acids is 1. The van der Waals surface area contributed by atoms with Gasteiger partial charge in [-0.25, -0.2) is 10.4 Å². The molecule has 0 unspecified atom stereocenters. The van der Waals surface area contributed by atoms with Crippen molar-refractivity contribution in [3.8, 4) is 17.1 Å². The van der Waals surface area contributed by atoms with Crippen molar-refractivity contribution in [2.24, 2.45) is 5.10 Å². The number of nitro benzene ring substituents is 1. The molecule has 5 aromatic rings. The highest BCUT2D eigenvalue weighted by Gasteiger charge is 2.13. The lowest BCUT2D eigenvalue weighted by atomic mass is 10.1. The van der Waals surface area contributed by atoms with Gasteiger partial charge in [0.05, 0.1) is 28.6 Å². The molecule has 2 N–H and O–H groups in total. The van der Waals surface area contributed by atoms with Gasteiger partial charge in [0, 0.05) is 23.1 Å². The maximum atomic E-state index is 12.6. The van der Waals surface area contributed by atoms with E-state index in [1.807, 2.05) is 36.4 Å². The van der Waals surface area contributed by atoms with Gasteiger partial charge in [-0.2, -0.15) is 0 Å². The summed E-state index contributed by atoms with van der Waals surface area (Å²) in [6.07, 6.45) is 0. The molecule has 34 heavy (non-hydrogen) atoms. The third kappa shape index (κ3) is 3.95. The number of aromatic amines is 1. The molecule has 1 amide bonds. The zero-order valence-corrected chi connectivity index (χ0v) is 17.8. The van der Waals surface area contributed by atoms with Crippen LogP contribution in [-0.2, 0) is 0 Å². The van der Waals surface area contributed by atoms with Crippen LogP contribution in [0.4, 0.5) is 5.69 Å². The highest BCUT2D eigenvalue weighted by molar-refractivity contribution is 5.94. The molecule has 168 valence electrons. The normalized spacial score (nSPS) is 11.6. The Labute approximate surface area is 191 Å². The minimum absolute atomic E-state index is 0.111. The highest BCUT2D eigenvalue weighted by Crippen LogP contribution is 2.24. The molecule has 0 radical (unpaired) electrons. The number of fused-ring (bicyclic) bond motifs is 2. The molecule has 0 bridgehead atoms. The van der Waals surface area contributed by atoms with E-state index >= 15 is 0 Å². The van der Waals surface area contributed by atoms with Gasteiger partial charge in [-0.1, -0.05) is 12.1 Å². The summed E-state index contributed by atoms with van der Waals surface area (Å²) in [5.41, 5.74) is 5.35. The van der Waals surface area contributed by atoms with Crippen LogP contribution in [0.1, 0.15) is 10.4 Å². The summed E-state index contributed by atoms with van der Waals surface area (Å²) in [5, 5.41) is 15.8. The van der Waals surface area contributed by atoms with Crippen molar-refractivity contribution in [3.05, 3.63) is 94.0 Å². The van der Waals surface area contributed by atoms with Gasteiger partial charge in [0.2, 0.25) is 5.55 Å². The first-order valence-corrected chi connectivity index (χ1v) is 10.2. The average molecular weight is 455 g/mol. The third-order valence-corrected chi connectivity index (χ3v) is 5.20. The second-order valence-corrected chi connectivity index (χ2v) is 7.33. The molecule has 5 rings (SSSR count). The number of methoxy groups -OCH3 is 1. The van der Waals surface area contributed by atoms with Gasteiger partial charge < -0.3 is 14.1 Å². The van der Waals surface area contributed by atoms with Crippen LogP contribution in [0.5, 0.6) is 5.75 Å². The standard InChI is InChI=1S/C24H17N5O5/c1-33-17-10-11-21-15(12-17)13-18(22-25-19-4-2-3-5-20(19)26-22)24(34-21)28-27-23(30)14-6-8-16(9-7-14)29(31)32/h2-13H,1H3,(H,25,26)(H,27,30)/b28-24+. The summed E-state index contributed by atoms with van der Waals surface area (Å²) in [5.74, 6) is 0.628. The van der Waals surface area contributed by atoms with Crippen LogP contribution in [0.2, 0.25) is 0 Å². The van der Waals surface area contributed by atoms with E-state index in [1.165, 1.54) is 24.3 Å². The number of nitrogens with zero attached hydrogens (tertiary/aromatic N) is 3. The van der Waals surface area contributed by atoms with Gasteiger partial charge in [-0.05, 0) is 48.5 Å². The van der Waals surface area contributed by atoms with E-state index in [0.29, 0.717) is 22.7 Å². The molecule has 10 nitrogen and oxygen atoms in total. The Morgan fingerprint density at radius 1 is 1.12 bits per heavy atom. The van der Waals surface area contributed by atoms with Crippen molar-refractivity contribution in [1.29, 1.82) is 0 Å². The first-order chi connectivity index (χ1) is 16.5. The number of hydrogen-bond acceptors (Lipinski definition) is 7.